The molecular formula is C13H17BrN2O4. The van der Waals surface area contributed by atoms with Gasteiger partial charge in [0.2, 0.25) is 6.54 Å². The lowest BCUT2D eigenvalue weighted by Gasteiger charge is -2.22. The highest BCUT2D eigenvalue weighted by Gasteiger charge is 2.23. The maximum absolute atomic E-state index is 11.7. The molecule has 1 N–H and O–H groups in total. The first-order valence-electron chi connectivity index (χ1n) is 6.04. The fourth-order valence-corrected chi connectivity index (χ4v) is 1.79. The van der Waals surface area contributed by atoms with Crippen LogP contribution in [0.5, 0.6) is 0 Å². The van der Waals surface area contributed by atoms with Crippen LogP contribution in [0.25, 0.3) is 0 Å². The number of ether oxygens (including phenoxy) is 1. The van der Waals surface area contributed by atoms with Gasteiger partial charge in [-0.25, -0.2) is 4.79 Å². The summed E-state index contributed by atoms with van der Waals surface area (Å²) in [5, 5.41) is 13.2. The molecule has 0 saturated heterocycles. The molecule has 0 radical (unpaired) electrons. The number of benzene rings is 1. The molecule has 110 valence electrons. The van der Waals surface area contributed by atoms with Gasteiger partial charge in [0.25, 0.3) is 0 Å². The number of hydrogen-bond donors (Lipinski definition) is 1. The number of hydrogen-bond acceptors (Lipinski definition) is 4. The molecule has 0 aliphatic rings. The van der Waals surface area contributed by atoms with E-state index in [-0.39, 0.29) is 0 Å². The Hall–Kier alpha value is -1.63. The van der Waals surface area contributed by atoms with Crippen LogP contribution in [0, 0.1) is 10.1 Å². The number of nitrogens with zero attached hydrogens (tertiary/aromatic N) is 1. The summed E-state index contributed by atoms with van der Waals surface area (Å²) in [4.78, 5) is 22.0. The van der Waals surface area contributed by atoms with Crippen molar-refractivity contribution in [3.63, 3.8) is 0 Å². The van der Waals surface area contributed by atoms with Crippen molar-refractivity contribution < 1.29 is 14.5 Å². The summed E-state index contributed by atoms with van der Waals surface area (Å²) in [5.74, 6) is 0. The quantitative estimate of drug-likeness (QED) is 0.671. The van der Waals surface area contributed by atoms with Crippen molar-refractivity contribution in [2.45, 2.75) is 32.4 Å². The predicted octanol–water partition coefficient (Wildman–Crippen LogP) is 3.29. The second-order valence-electron chi connectivity index (χ2n) is 5.27. The number of carbonyl (C=O) groups is 1. The fraction of sp³-hybridized carbons (Fsp3) is 0.462. The van der Waals surface area contributed by atoms with E-state index >= 15 is 0 Å². The van der Waals surface area contributed by atoms with Crippen LogP contribution in [0.4, 0.5) is 4.79 Å². The Morgan fingerprint density at radius 3 is 2.40 bits per heavy atom. The van der Waals surface area contributed by atoms with Crippen LogP contribution in [-0.4, -0.2) is 23.2 Å². The molecule has 0 spiro atoms. The van der Waals surface area contributed by atoms with Gasteiger partial charge in [0.15, 0.2) is 0 Å². The molecule has 0 aromatic heterocycles. The van der Waals surface area contributed by atoms with E-state index in [4.69, 9.17) is 4.74 Å². The van der Waals surface area contributed by atoms with E-state index < -0.39 is 29.2 Å². The average Bonchev–Trinajstić information content (AvgIpc) is 2.25. The van der Waals surface area contributed by atoms with E-state index in [0.717, 1.165) is 4.47 Å². The Kier molecular flexibility index (Phi) is 5.50. The van der Waals surface area contributed by atoms with Crippen LogP contribution in [0.15, 0.2) is 28.7 Å². The van der Waals surface area contributed by atoms with Gasteiger partial charge in [0.05, 0.1) is 0 Å². The second-order valence-corrected chi connectivity index (χ2v) is 6.18. The monoisotopic (exact) mass is 344 g/mol. The normalized spacial score (nSPS) is 12.6. The second kappa shape index (κ2) is 6.69. The van der Waals surface area contributed by atoms with E-state index in [0.29, 0.717) is 5.56 Å². The summed E-state index contributed by atoms with van der Waals surface area (Å²) in [6.07, 6.45) is -0.674. The Morgan fingerprint density at radius 2 is 1.95 bits per heavy atom. The number of halogens is 1. The van der Waals surface area contributed by atoms with Gasteiger partial charge in [-0.05, 0) is 38.5 Å². The number of nitrogens with one attached hydrogen (secondary N) is 1. The number of amides is 1. The highest BCUT2D eigenvalue weighted by atomic mass is 79.9. The molecule has 6 nitrogen and oxygen atoms in total. The van der Waals surface area contributed by atoms with Crippen molar-refractivity contribution in [1.29, 1.82) is 0 Å². The molecule has 0 saturated carbocycles. The average molecular weight is 345 g/mol. The first-order valence-corrected chi connectivity index (χ1v) is 6.83. The zero-order chi connectivity index (χ0) is 15.3. The molecule has 1 atom stereocenters. The summed E-state index contributed by atoms with van der Waals surface area (Å²) in [5.41, 5.74) is -0.000984. The highest BCUT2D eigenvalue weighted by Crippen LogP contribution is 2.18. The van der Waals surface area contributed by atoms with Crippen molar-refractivity contribution in [3.05, 3.63) is 44.4 Å². The van der Waals surface area contributed by atoms with Crippen LogP contribution >= 0.6 is 15.9 Å². The van der Waals surface area contributed by atoms with Gasteiger partial charge in [-0.3, -0.25) is 10.1 Å². The smallest absolute Gasteiger partial charge is 0.408 e. The number of rotatable bonds is 4. The summed E-state index contributed by atoms with van der Waals surface area (Å²) in [6, 6.07) is 6.23. The van der Waals surface area contributed by atoms with Crippen LogP contribution in [0.1, 0.15) is 32.4 Å². The van der Waals surface area contributed by atoms with E-state index in [1.54, 1.807) is 45.0 Å². The molecule has 1 aromatic rings. The summed E-state index contributed by atoms with van der Waals surface area (Å²) >= 11 is 3.29. The zero-order valence-electron chi connectivity index (χ0n) is 11.6. The van der Waals surface area contributed by atoms with Crippen molar-refractivity contribution >= 4 is 22.0 Å². The fourth-order valence-electron chi connectivity index (χ4n) is 1.53. The minimum atomic E-state index is -0.729. The SMILES string of the molecule is CC(C)(C)OC(=O)NC(C[N+](=O)[O-])c1ccc(Br)cc1. The van der Waals surface area contributed by atoms with Crippen molar-refractivity contribution in [2.24, 2.45) is 0 Å². The van der Waals surface area contributed by atoms with Gasteiger partial charge in [0, 0.05) is 9.40 Å². The van der Waals surface area contributed by atoms with Crippen molar-refractivity contribution in [3.8, 4) is 0 Å². The van der Waals surface area contributed by atoms with Crippen molar-refractivity contribution in [1.82, 2.24) is 5.32 Å². The zero-order valence-corrected chi connectivity index (χ0v) is 13.1. The third kappa shape index (κ3) is 6.01. The third-order valence-corrected chi connectivity index (χ3v) is 2.82. The van der Waals surface area contributed by atoms with Crippen LogP contribution in [0.2, 0.25) is 0 Å². The largest absolute Gasteiger partial charge is 0.444 e. The van der Waals surface area contributed by atoms with Gasteiger partial charge in [-0.1, -0.05) is 28.1 Å². The lowest BCUT2D eigenvalue weighted by Crippen LogP contribution is -2.37. The molecule has 1 rings (SSSR count). The molecule has 20 heavy (non-hydrogen) atoms. The predicted molar refractivity (Wildman–Crippen MR) is 78.1 cm³/mol. The molecule has 7 heteroatoms. The van der Waals surface area contributed by atoms with Gasteiger partial charge >= 0.3 is 6.09 Å². The lowest BCUT2D eigenvalue weighted by atomic mass is 10.1. The molecule has 1 amide bonds. The Morgan fingerprint density at radius 1 is 1.40 bits per heavy atom. The van der Waals surface area contributed by atoms with E-state index in [2.05, 4.69) is 21.2 Å². The first-order chi connectivity index (χ1) is 9.17. The summed E-state index contributed by atoms with van der Waals surface area (Å²) in [6.45, 7) is 4.79. The molecule has 0 bridgehead atoms. The standard InChI is InChI=1S/C13H17BrN2O4/c1-13(2,3)20-12(17)15-11(8-16(18)19)9-4-6-10(14)7-5-9/h4-7,11H,8H2,1-3H3,(H,15,17). The molecule has 0 heterocycles. The molecular weight excluding hydrogens is 328 g/mol. The van der Waals surface area contributed by atoms with Crippen LogP contribution < -0.4 is 5.32 Å². The number of alkyl carbamates (subject to hydrolysis) is 1. The molecule has 0 aliphatic heterocycles. The maximum atomic E-state index is 11.7. The van der Waals surface area contributed by atoms with E-state index in [9.17, 15) is 14.9 Å². The van der Waals surface area contributed by atoms with Gasteiger partial charge in [0.1, 0.15) is 11.6 Å². The summed E-state index contributed by atoms with van der Waals surface area (Å²) < 4.78 is 5.97. The Balaban J connectivity index is 2.82. The highest BCUT2D eigenvalue weighted by molar-refractivity contribution is 9.10. The number of carbonyl (C=O) groups excluding carboxylic acids is 1. The Labute approximate surface area is 125 Å². The first kappa shape index (κ1) is 16.4. The Bertz CT molecular complexity index is 482. The molecule has 0 aliphatic carbocycles. The minimum Gasteiger partial charge on any atom is -0.444 e. The lowest BCUT2D eigenvalue weighted by molar-refractivity contribution is -0.484. The van der Waals surface area contributed by atoms with Gasteiger partial charge in [-0.15, -0.1) is 0 Å². The van der Waals surface area contributed by atoms with E-state index in [1.807, 2.05) is 0 Å². The van der Waals surface area contributed by atoms with Crippen LogP contribution in [0.3, 0.4) is 0 Å². The van der Waals surface area contributed by atoms with Gasteiger partial charge < -0.3 is 10.1 Å². The summed E-state index contributed by atoms with van der Waals surface area (Å²) in [7, 11) is 0. The molecule has 1 aromatic carbocycles. The maximum Gasteiger partial charge on any atom is 0.408 e. The third-order valence-electron chi connectivity index (χ3n) is 2.29. The van der Waals surface area contributed by atoms with Gasteiger partial charge in [-0.2, -0.15) is 0 Å². The molecule has 0 fully saturated rings. The van der Waals surface area contributed by atoms with Crippen molar-refractivity contribution in [2.75, 3.05) is 6.54 Å². The number of nitro groups is 1. The topological polar surface area (TPSA) is 81.5 Å². The minimum absolute atomic E-state index is 0.402. The van der Waals surface area contributed by atoms with Crippen LogP contribution in [-0.2, 0) is 4.74 Å². The molecule has 1 unspecified atom stereocenters. The van der Waals surface area contributed by atoms with E-state index in [1.165, 1.54) is 0 Å².